The number of carboxylic acid groups (broad SMARTS) is 2. The summed E-state index contributed by atoms with van der Waals surface area (Å²) in [5.74, 6) is -3.19. The van der Waals surface area contributed by atoms with E-state index in [-0.39, 0.29) is 22.3 Å². The van der Waals surface area contributed by atoms with E-state index in [0.717, 1.165) is 0 Å². The Balaban J connectivity index is 0.000000320. The van der Waals surface area contributed by atoms with Gasteiger partial charge in [0.1, 0.15) is 0 Å². The molecule has 0 unspecified atom stereocenters. The van der Waals surface area contributed by atoms with Crippen molar-refractivity contribution in [3.05, 3.63) is 81.9 Å². The van der Waals surface area contributed by atoms with Gasteiger partial charge in [-0.3, -0.25) is 9.59 Å². The molecular weight excluding hydrogens is 412 g/mol. The minimum atomic E-state index is -0.998. The van der Waals surface area contributed by atoms with Gasteiger partial charge in [0.25, 0.3) is 0 Å². The molecule has 2 amide bonds. The standard InChI is InChI=1S/2C12H13NO3/c1-6-4-9(12(15)16)5-7(2)10(6)8(3)11(13)14;1-6-4-9(8(3)11(13)14)5-7(2)10(6)12(15)16/h2*4-5H,3H2,1-2H3,(H2,13,14)(H,15,16). The van der Waals surface area contributed by atoms with Gasteiger partial charge in [-0.1, -0.05) is 25.3 Å². The summed E-state index contributed by atoms with van der Waals surface area (Å²) >= 11 is 0. The molecule has 0 spiro atoms. The van der Waals surface area contributed by atoms with Crippen LogP contribution in [0.1, 0.15) is 54.1 Å². The quantitative estimate of drug-likeness (QED) is 0.507. The largest absolute Gasteiger partial charge is 0.478 e. The second-order valence-electron chi connectivity index (χ2n) is 7.27. The molecule has 2 rings (SSSR count). The molecule has 8 nitrogen and oxygen atoms in total. The molecule has 0 aromatic heterocycles. The van der Waals surface area contributed by atoms with Crippen LogP contribution < -0.4 is 11.5 Å². The first-order valence-corrected chi connectivity index (χ1v) is 9.36. The summed E-state index contributed by atoms with van der Waals surface area (Å²) in [7, 11) is 0. The Kier molecular flexibility index (Phi) is 8.24. The highest BCUT2D eigenvalue weighted by atomic mass is 16.4. The summed E-state index contributed by atoms with van der Waals surface area (Å²) in [4.78, 5) is 43.7. The number of benzene rings is 2. The number of amides is 2. The highest BCUT2D eigenvalue weighted by Crippen LogP contribution is 2.23. The number of aromatic carboxylic acids is 2. The fourth-order valence-electron chi connectivity index (χ4n) is 3.30. The van der Waals surface area contributed by atoms with Crippen molar-refractivity contribution in [1.29, 1.82) is 0 Å². The summed E-state index contributed by atoms with van der Waals surface area (Å²) in [6.07, 6.45) is 0. The van der Waals surface area contributed by atoms with Gasteiger partial charge in [-0.2, -0.15) is 0 Å². The van der Waals surface area contributed by atoms with Gasteiger partial charge < -0.3 is 21.7 Å². The van der Waals surface area contributed by atoms with Crippen molar-refractivity contribution in [2.45, 2.75) is 27.7 Å². The molecule has 6 N–H and O–H groups in total. The summed E-state index contributed by atoms with van der Waals surface area (Å²) in [5.41, 5.74) is 14.8. The molecule has 0 fully saturated rings. The van der Waals surface area contributed by atoms with Crippen LogP contribution in [-0.4, -0.2) is 34.0 Å². The number of aryl methyl sites for hydroxylation is 4. The normalized spacial score (nSPS) is 9.88. The number of nitrogens with two attached hydrogens (primary N) is 2. The molecule has 8 heteroatoms. The molecule has 0 saturated carbocycles. The Morgan fingerprint density at radius 3 is 1.28 bits per heavy atom. The van der Waals surface area contributed by atoms with E-state index in [1.165, 1.54) is 12.1 Å². The number of carbonyl (C=O) groups is 4. The Morgan fingerprint density at radius 2 is 0.969 bits per heavy atom. The Labute approximate surface area is 185 Å². The molecule has 0 aliphatic heterocycles. The van der Waals surface area contributed by atoms with E-state index in [1.807, 2.05) is 0 Å². The number of primary amides is 2. The molecule has 0 saturated heterocycles. The van der Waals surface area contributed by atoms with Crippen molar-refractivity contribution < 1.29 is 29.4 Å². The Bertz CT molecular complexity index is 1120. The van der Waals surface area contributed by atoms with Gasteiger partial charge in [0, 0.05) is 11.1 Å². The number of carbonyl (C=O) groups excluding carboxylic acids is 2. The van der Waals surface area contributed by atoms with Crippen LogP contribution in [0, 0.1) is 27.7 Å². The molecule has 0 radical (unpaired) electrons. The average Bonchev–Trinajstić information content (AvgIpc) is 2.65. The third-order valence-corrected chi connectivity index (χ3v) is 4.77. The molecule has 0 heterocycles. The summed E-state index contributed by atoms with van der Waals surface area (Å²) in [6, 6.07) is 6.20. The number of hydrogen-bond donors (Lipinski definition) is 4. The minimum Gasteiger partial charge on any atom is -0.478 e. The maximum atomic E-state index is 11.0. The lowest BCUT2D eigenvalue weighted by atomic mass is 9.94. The number of hydrogen-bond acceptors (Lipinski definition) is 4. The van der Waals surface area contributed by atoms with Gasteiger partial charge in [-0.25, -0.2) is 9.59 Å². The molecule has 2 aromatic rings. The molecule has 32 heavy (non-hydrogen) atoms. The lowest BCUT2D eigenvalue weighted by Gasteiger charge is -2.11. The van der Waals surface area contributed by atoms with Crippen molar-refractivity contribution in [2.75, 3.05) is 0 Å². The fourth-order valence-corrected chi connectivity index (χ4v) is 3.30. The van der Waals surface area contributed by atoms with E-state index >= 15 is 0 Å². The summed E-state index contributed by atoms with van der Waals surface area (Å²) in [5, 5.41) is 17.8. The average molecular weight is 438 g/mol. The van der Waals surface area contributed by atoms with Crippen LogP contribution in [0.15, 0.2) is 37.4 Å². The van der Waals surface area contributed by atoms with Crippen molar-refractivity contribution in [2.24, 2.45) is 11.5 Å². The summed E-state index contributed by atoms with van der Waals surface area (Å²) < 4.78 is 0. The molecule has 0 bridgehead atoms. The Morgan fingerprint density at radius 1 is 0.625 bits per heavy atom. The van der Waals surface area contributed by atoms with E-state index < -0.39 is 23.8 Å². The first-order valence-electron chi connectivity index (χ1n) is 9.36. The molecule has 2 aromatic carbocycles. The van der Waals surface area contributed by atoms with Gasteiger partial charge in [-0.15, -0.1) is 0 Å². The smallest absolute Gasteiger partial charge is 0.336 e. The first-order chi connectivity index (χ1) is 14.7. The van der Waals surface area contributed by atoms with Gasteiger partial charge in [0.2, 0.25) is 11.8 Å². The number of carboxylic acids is 2. The second-order valence-corrected chi connectivity index (χ2v) is 7.27. The van der Waals surface area contributed by atoms with Crippen molar-refractivity contribution in [3.63, 3.8) is 0 Å². The van der Waals surface area contributed by atoms with E-state index in [4.69, 9.17) is 21.7 Å². The van der Waals surface area contributed by atoms with Gasteiger partial charge in [0.15, 0.2) is 0 Å². The van der Waals surface area contributed by atoms with Crippen LogP contribution in [0.5, 0.6) is 0 Å². The second kappa shape index (κ2) is 10.2. The van der Waals surface area contributed by atoms with Gasteiger partial charge >= 0.3 is 11.9 Å². The van der Waals surface area contributed by atoms with Gasteiger partial charge in [-0.05, 0) is 73.2 Å². The lowest BCUT2D eigenvalue weighted by molar-refractivity contribution is -0.113. The van der Waals surface area contributed by atoms with E-state index in [1.54, 1.807) is 39.8 Å². The lowest BCUT2D eigenvalue weighted by Crippen LogP contribution is -2.14. The van der Waals surface area contributed by atoms with E-state index in [2.05, 4.69) is 13.2 Å². The third kappa shape index (κ3) is 5.91. The predicted octanol–water partition coefficient (Wildman–Crippen LogP) is 3.00. The van der Waals surface area contributed by atoms with Crippen molar-refractivity contribution in [3.8, 4) is 0 Å². The van der Waals surface area contributed by atoms with Crippen LogP contribution in [0.3, 0.4) is 0 Å². The zero-order valence-corrected chi connectivity index (χ0v) is 18.4. The topological polar surface area (TPSA) is 161 Å². The van der Waals surface area contributed by atoms with Crippen molar-refractivity contribution in [1.82, 2.24) is 0 Å². The molecule has 0 aliphatic rings. The molecule has 168 valence electrons. The summed E-state index contributed by atoms with van der Waals surface area (Å²) in [6.45, 7) is 14.0. The zero-order valence-electron chi connectivity index (χ0n) is 18.4. The maximum Gasteiger partial charge on any atom is 0.336 e. The highest BCUT2D eigenvalue weighted by molar-refractivity contribution is 6.19. The van der Waals surface area contributed by atoms with E-state index in [0.29, 0.717) is 33.4 Å². The van der Waals surface area contributed by atoms with Crippen LogP contribution >= 0.6 is 0 Å². The minimum absolute atomic E-state index is 0.183. The molecule has 0 atom stereocenters. The zero-order chi connectivity index (χ0) is 24.9. The Hall–Kier alpha value is -4.20. The van der Waals surface area contributed by atoms with Crippen LogP contribution in [0.25, 0.3) is 11.1 Å². The van der Waals surface area contributed by atoms with Crippen LogP contribution in [0.2, 0.25) is 0 Å². The fraction of sp³-hybridized carbons (Fsp3) is 0.167. The first kappa shape index (κ1) is 25.8. The monoisotopic (exact) mass is 438 g/mol. The van der Waals surface area contributed by atoms with Crippen molar-refractivity contribution >= 4 is 34.9 Å². The van der Waals surface area contributed by atoms with E-state index in [9.17, 15) is 19.2 Å². The van der Waals surface area contributed by atoms with Crippen LogP contribution in [0.4, 0.5) is 0 Å². The maximum absolute atomic E-state index is 11.0. The molecule has 0 aliphatic carbocycles. The van der Waals surface area contributed by atoms with Gasteiger partial charge in [0.05, 0.1) is 11.1 Å². The molecular formula is C24H26N2O6. The SMILES string of the molecule is C=C(C(N)=O)c1c(C)cc(C(=O)O)cc1C.C=C(C(N)=O)c1cc(C)c(C(=O)O)c(C)c1. The predicted molar refractivity (Wildman–Crippen MR) is 122 cm³/mol. The third-order valence-electron chi connectivity index (χ3n) is 4.77. The number of rotatable bonds is 6. The van der Waals surface area contributed by atoms with Crippen LogP contribution in [-0.2, 0) is 9.59 Å². The highest BCUT2D eigenvalue weighted by Gasteiger charge is 2.15.